The van der Waals surface area contributed by atoms with Crippen molar-refractivity contribution in [3.63, 3.8) is 0 Å². The molecule has 1 aromatic heterocycles. The summed E-state index contributed by atoms with van der Waals surface area (Å²) < 4.78 is 27.6. The molecule has 2 atom stereocenters. The van der Waals surface area contributed by atoms with Crippen LogP contribution in [-0.2, 0) is 0 Å². The molecule has 2 unspecified atom stereocenters. The molecular weight excluding hydrogens is 400 g/mol. The van der Waals surface area contributed by atoms with E-state index in [-0.39, 0.29) is 18.6 Å². The average molecular weight is 418 g/mol. The lowest BCUT2D eigenvalue weighted by atomic mass is 9.78. The molecule has 9 nitrogen and oxygen atoms in total. The third-order valence-electron chi connectivity index (χ3n) is 5.47. The van der Waals surface area contributed by atoms with E-state index in [0.717, 1.165) is 5.56 Å². The van der Waals surface area contributed by atoms with Gasteiger partial charge >= 0.3 is 0 Å². The van der Waals surface area contributed by atoms with Gasteiger partial charge in [0.2, 0.25) is 18.6 Å². The Labute approximate surface area is 177 Å². The van der Waals surface area contributed by atoms with E-state index < -0.39 is 11.8 Å². The van der Waals surface area contributed by atoms with E-state index >= 15 is 0 Å². The summed E-state index contributed by atoms with van der Waals surface area (Å²) in [6.07, 6.45) is 0. The molecule has 2 aromatic carbocycles. The fourth-order valence-corrected chi connectivity index (χ4v) is 4.08. The molecule has 0 bridgehead atoms. The Bertz CT molecular complexity index is 1230. The highest BCUT2D eigenvalue weighted by Gasteiger charge is 2.42. The van der Waals surface area contributed by atoms with E-state index in [9.17, 15) is 5.26 Å². The van der Waals surface area contributed by atoms with Crippen LogP contribution < -0.4 is 23.7 Å². The number of para-hydroxylation sites is 1. The van der Waals surface area contributed by atoms with Gasteiger partial charge in [0.05, 0.1) is 31.5 Å². The van der Waals surface area contributed by atoms with E-state index in [1.807, 2.05) is 30.3 Å². The molecule has 0 fully saturated rings. The fraction of sp³-hybridized carbons (Fsp3) is 0.227. The van der Waals surface area contributed by atoms with Crippen molar-refractivity contribution in [2.24, 2.45) is 5.92 Å². The van der Waals surface area contributed by atoms with Gasteiger partial charge in [-0.2, -0.15) is 5.26 Å². The van der Waals surface area contributed by atoms with Crippen molar-refractivity contribution in [3.05, 3.63) is 47.5 Å². The lowest BCUT2D eigenvalue weighted by Gasteiger charge is -2.29. The third-order valence-corrected chi connectivity index (χ3v) is 5.47. The lowest BCUT2D eigenvalue weighted by Crippen LogP contribution is -2.31. The van der Waals surface area contributed by atoms with Gasteiger partial charge in [0.15, 0.2) is 23.0 Å². The van der Waals surface area contributed by atoms with Crippen LogP contribution in [0.1, 0.15) is 17.0 Å². The summed E-state index contributed by atoms with van der Waals surface area (Å²) >= 11 is 0. The molecule has 31 heavy (non-hydrogen) atoms. The first-order valence-electron chi connectivity index (χ1n) is 9.51. The van der Waals surface area contributed by atoms with Crippen LogP contribution in [0, 0.1) is 22.7 Å². The molecule has 9 heteroatoms. The first-order valence-corrected chi connectivity index (χ1v) is 9.51. The third kappa shape index (κ3) is 2.84. The zero-order chi connectivity index (χ0) is 21.5. The predicted molar refractivity (Wildman–Crippen MR) is 109 cm³/mol. The molecule has 2 N–H and O–H groups in total. The fourth-order valence-electron chi connectivity index (χ4n) is 4.08. The summed E-state index contributed by atoms with van der Waals surface area (Å²) in [6.45, 7) is 0.167. The molecule has 0 amide bonds. The van der Waals surface area contributed by atoms with Crippen LogP contribution in [0.3, 0.4) is 0 Å². The van der Waals surface area contributed by atoms with Crippen molar-refractivity contribution in [1.82, 2.24) is 10.2 Å². The van der Waals surface area contributed by atoms with Gasteiger partial charge in [0.25, 0.3) is 0 Å². The summed E-state index contributed by atoms with van der Waals surface area (Å²) in [6, 6.07) is 13.2. The first kappa shape index (κ1) is 18.8. The molecule has 2 aliphatic heterocycles. The van der Waals surface area contributed by atoms with E-state index in [2.05, 4.69) is 16.3 Å². The molecule has 0 saturated heterocycles. The second-order valence-electron chi connectivity index (χ2n) is 7.02. The Kier molecular flexibility index (Phi) is 4.40. The molecular formula is C22H18N4O5. The van der Waals surface area contributed by atoms with Crippen molar-refractivity contribution in [1.29, 1.82) is 10.7 Å². The Morgan fingerprint density at radius 1 is 1.16 bits per heavy atom. The van der Waals surface area contributed by atoms with E-state index in [4.69, 9.17) is 29.1 Å². The maximum atomic E-state index is 9.92. The summed E-state index contributed by atoms with van der Waals surface area (Å²) in [5, 5.41) is 25.5. The molecule has 5 rings (SSSR count). The smallest absolute Gasteiger partial charge is 0.244 e. The molecule has 156 valence electrons. The molecule has 0 radical (unpaired) electrons. The van der Waals surface area contributed by atoms with Crippen LogP contribution in [0.5, 0.6) is 28.9 Å². The quantitative estimate of drug-likeness (QED) is 0.665. The minimum Gasteiger partial charge on any atom is -0.493 e. The summed E-state index contributed by atoms with van der Waals surface area (Å²) in [7, 11) is 3.10. The Morgan fingerprint density at radius 3 is 2.77 bits per heavy atom. The minimum atomic E-state index is -0.876. The van der Waals surface area contributed by atoms with E-state index in [0.29, 0.717) is 39.8 Å². The maximum absolute atomic E-state index is 9.92. The van der Waals surface area contributed by atoms with E-state index in [1.165, 1.54) is 0 Å². The normalized spacial score (nSPS) is 18.7. The molecule has 0 spiro atoms. The summed E-state index contributed by atoms with van der Waals surface area (Å²) in [5.41, 5.74) is 2.81. The van der Waals surface area contributed by atoms with Gasteiger partial charge in [-0.25, -0.2) is 0 Å². The Morgan fingerprint density at radius 2 is 2.00 bits per heavy atom. The first-order chi connectivity index (χ1) is 15.2. The van der Waals surface area contributed by atoms with Crippen molar-refractivity contribution in [2.75, 3.05) is 21.0 Å². The second kappa shape index (κ2) is 7.25. The number of aromatic nitrogens is 2. The van der Waals surface area contributed by atoms with Crippen LogP contribution in [0.15, 0.2) is 36.4 Å². The van der Waals surface area contributed by atoms with Crippen LogP contribution in [0.4, 0.5) is 0 Å². The Hall–Kier alpha value is -4.19. The zero-order valence-electron chi connectivity index (χ0n) is 16.8. The molecule has 3 heterocycles. The van der Waals surface area contributed by atoms with Gasteiger partial charge in [0, 0.05) is 17.0 Å². The zero-order valence-corrected chi connectivity index (χ0v) is 16.8. The standard InChI is InChI=1S/C22H18N4O5/c1-27-15-5-3-4-12(20(15)28-2)17-13(9-23)21(24)31-22-18(17)19(25-26-22)11-6-7-14-16(8-11)30-10-29-14/h3-8,13,17,24H,10H2,1-2H3,(H,25,26). The number of benzene rings is 2. The summed E-state index contributed by atoms with van der Waals surface area (Å²) in [5.74, 6) is 0.948. The minimum absolute atomic E-state index is 0.167. The van der Waals surface area contributed by atoms with Gasteiger partial charge < -0.3 is 23.7 Å². The highest BCUT2D eigenvalue weighted by Crippen LogP contribution is 2.50. The van der Waals surface area contributed by atoms with Crippen LogP contribution >= 0.6 is 0 Å². The lowest BCUT2D eigenvalue weighted by molar-refractivity contribution is 0.174. The number of hydrogen-bond acceptors (Lipinski definition) is 8. The number of methoxy groups -OCH3 is 2. The summed E-state index contributed by atoms with van der Waals surface area (Å²) in [4.78, 5) is 0. The van der Waals surface area contributed by atoms with Gasteiger partial charge in [-0.3, -0.25) is 10.5 Å². The van der Waals surface area contributed by atoms with Crippen molar-refractivity contribution in [3.8, 4) is 46.2 Å². The van der Waals surface area contributed by atoms with Crippen molar-refractivity contribution < 1.29 is 23.7 Å². The number of ether oxygens (including phenoxy) is 5. The Balaban J connectivity index is 1.73. The molecule has 2 aliphatic rings. The van der Waals surface area contributed by atoms with E-state index in [1.54, 1.807) is 20.3 Å². The van der Waals surface area contributed by atoms with Crippen molar-refractivity contribution >= 4 is 5.90 Å². The number of nitriles is 1. The number of aromatic amines is 1. The SMILES string of the molecule is COc1cccc(C2c3c(n[nH]c3-c3ccc4c(c3)OCO4)OC(=N)C2C#N)c1OC. The highest BCUT2D eigenvalue weighted by atomic mass is 16.7. The van der Waals surface area contributed by atoms with Crippen LogP contribution in [0.25, 0.3) is 11.3 Å². The number of rotatable bonds is 4. The molecule has 3 aromatic rings. The number of nitrogens with zero attached hydrogens (tertiary/aromatic N) is 2. The maximum Gasteiger partial charge on any atom is 0.244 e. The molecule has 0 saturated carbocycles. The largest absolute Gasteiger partial charge is 0.493 e. The number of fused-ring (bicyclic) bond motifs is 2. The van der Waals surface area contributed by atoms with Gasteiger partial charge in [0.1, 0.15) is 5.92 Å². The van der Waals surface area contributed by atoms with Crippen molar-refractivity contribution in [2.45, 2.75) is 5.92 Å². The number of H-pyrrole nitrogens is 1. The number of hydrogen-bond donors (Lipinski definition) is 2. The topological polar surface area (TPSA) is 122 Å². The van der Waals surface area contributed by atoms with Gasteiger partial charge in [-0.05, 0) is 24.3 Å². The molecule has 0 aliphatic carbocycles. The monoisotopic (exact) mass is 418 g/mol. The second-order valence-corrected chi connectivity index (χ2v) is 7.02. The predicted octanol–water partition coefficient (Wildman–Crippen LogP) is 3.46. The van der Waals surface area contributed by atoms with Crippen LogP contribution in [0.2, 0.25) is 0 Å². The average Bonchev–Trinajstić information content (AvgIpc) is 3.43. The highest BCUT2D eigenvalue weighted by molar-refractivity contribution is 5.87. The van der Waals surface area contributed by atoms with Crippen LogP contribution in [-0.4, -0.2) is 37.1 Å². The van der Waals surface area contributed by atoms with Gasteiger partial charge in [-0.1, -0.05) is 12.1 Å². The van der Waals surface area contributed by atoms with Gasteiger partial charge in [-0.15, -0.1) is 5.10 Å². The number of nitrogens with one attached hydrogen (secondary N) is 2.